The Kier molecular flexibility index (Phi) is 3.82. The van der Waals surface area contributed by atoms with Crippen LogP contribution in [0.15, 0.2) is 18.2 Å². The Balaban J connectivity index is 3.12. The summed E-state index contributed by atoms with van der Waals surface area (Å²) in [5.74, 6) is -2.03. The summed E-state index contributed by atoms with van der Waals surface area (Å²) in [5.41, 5.74) is 0.0138. The molecule has 0 unspecified atom stereocenters. The Morgan fingerprint density at radius 3 is 2.35 bits per heavy atom. The van der Waals surface area contributed by atoms with Gasteiger partial charge in [-0.1, -0.05) is 0 Å². The Bertz CT molecular complexity index is 481. The van der Waals surface area contributed by atoms with Gasteiger partial charge in [-0.15, -0.1) is 0 Å². The third-order valence-electron chi connectivity index (χ3n) is 1.79. The van der Waals surface area contributed by atoms with E-state index in [-0.39, 0.29) is 22.9 Å². The second kappa shape index (κ2) is 5.11. The van der Waals surface area contributed by atoms with Crippen molar-refractivity contribution < 1.29 is 24.2 Å². The normalized spacial score (nSPS) is 9.53. The van der Waals surface area contributed by atoms with Gasteiger partial charge in [0.25, 0.3) is 0 Å². The number of nitrogens with one attached hydrogen (secondary N) is 1. The van der Waals surface area contributed by atoms with E-state index in [0.717, 1.165) is 0 Å². The Hall–Kier alpha value is -2.37. The minimum absolute atomic E-state index is 0.115. The maximum Gasteiger partial charge on any atom is 0.337 e. The summed E-state index contributed by atoms with van der Waals surface area (Å²) in [7, 11) is 0. The molecule has 0 atom stereocenters. The van der Waals surface area contributed by atoms with Gasteiger partial charge in [-0.2, -0.15) is 0 Å². The monoisotopic (exact) mass is 237 g/mol. The van der Waals surface area contributed by atoms with E-state index in [1.54, 1.807) is 0 Å². The highest BCUT2D eigenvalue weighted by atomic mass is 16.5. The average Bonchev–Trinajstić information content (AvgIpc) is 2.18. The molecule has 1 aromatic rings. The van der Waals surface area contributed by atoms with Gasteiger partial charge in [0.05, 0.1) is 11.3 Å². The van der Waals surface area contributed by atoms with Crippen molar-refractivity contribution in [2.75, 3.05) is 5.32 Å². The molecule has 0 saturated carbocycles. The van der Waals surface area contributed by atoms with Crippen LogP contribution in [0.5, 0.6) is 5.75 Å². The van der Waals surface area contributed by atoms with Crippen LogP contribution in [0.4, 0.5) is 5.69 Å². The van der Waals surface area contributed by atoms with Crippen LogP contribution in [-0.2, 0) is 9.59 Å². The summed E-state index contributed by atoms with van der Waals surface area (Å²) in [4.78, 5) is 32.5. The lowest BCUT2D eigenvalue weighted by atomic mass is 10.1. The van der Waals surface area contributed by atoms with Gasteiger partial charge in [0, 0.05) is 13.8 Å². The number of hydrogen-bond donors (Lipinski definition) is 2. The van der Waals surface area contributed by atoms with E-state index in [0.29, 0.717) is 0 Å². The lowest BCUT2D eigenvalue weighted by Gasteiger charge is -2.08. The molecule has 0 saturated heterocycles. The first-order valence-electron chi connectivity index (χ1n) is 4.73. The van der Waals surface area contributed by atoms with Crippen molar-refractivity contribution in [3.8, 4) is 5.75 Å². The van der Waals surface area contributed by atoms with Gasteiger partial charge in [0.1, 0.15) is 5.75 Å². The van der Waals surface area contributed by atoms with Gasteiger partial charge in [0.2, 0.25) is 5.91 Å². The molecule has 17 heavy (non-hydrogen) atoms. The highest BCUT2D eigenvalue weighted by Gasteiger charge is 2.13. The molecular weight excluding hydrogens is 226 g/mol. The predicted molar refractivity (Wildman–Crippen MR) is 59.0 cm³/mol. The zero-order chi connectivity index (χ0) is 13.0. The number of amides is 1. The Labute approximate surface area is 97.2 Å². The third kappa shape index (κ3) is 3.60. The summed E-state index contributed by atoms with van der Waals surface area (Å²) in [6.07, 6.45) is 0. The van der Waals surface area contributed by atoms with E-state index in [2.05, 4.69) is 5.32 Å². The van der Waals surface area contributed by atoms with Crippen molar-refractivity contribution in [3.05, 3.63) is 23.8 Å². The minimum atomic E-state index is -1.22. The molecule has 0 spiro atoms. The van der Waals surface area contributed by atoms with Crippen molar-refractivity contribution in [2.45, 2.75) is 13.8 Å². The Morgan fingerprint density at radius 1 is 1.24 bits per heavy atom. The molecule has 0 aliphatic heterocycles. The molecular formula is C11H11NO5. The van der Waals surface area contributed by atoms with Gasteiger partial charge in [-0.25, -0.2) is 4.79 Å². The first-order valence-corrected chi connectivity index (χ1v) is 4.73. The van der Waals surface area contributed by atoms with Crippen LogP contribution >= 0.6 is 0 Å². The highest BCUT2D eigenvalue weighted by molar-refractivity contribution is 6.00. The van der Waals surface area contributed by atoms with Crippen LogP contribution < -0.4 is 10.1 Å². The van der Waals surface area contributed by atoms with E-state index < -0.39 is 11.9 Å². The number of carboxylic acid groups (broad SMARTS) is 1. The maximum atomic E-state index is 10.9. The molecule has 1 rings (SSSR count). The smallest absolute Gasteiger partial charge is 0.337 e. The minimum Gasteiger partial charge on any atom is -0.478 e. The lowest BCUT2D eigenvalue weighted by molar-refractivity contribution is -0.131. The van der Waals surface area contributed by atoms with Crippen molar-refractivity contribution in [2.24, 2.45) is 0 Å². The molecule has 0 aliphatic rings. The largest absolute Gasteiger partial charge is 0.478 e. The number of ether oxygens (including phenoxy) is 1. The van der Waals surface area contributed by atoms with Gasteiger partial charge in [0.15, 0.2) is 0 Å². The molecule has 6 nitrogen and oxygen atoms in total. The standard InChI is InChI=1S/C11H11NO5/c1-6(13)12-10-4-3-8(17-7(2)14)5-9(10)11(15)16/h3-5H,1-2H3,(H,12,13)(H,15,16). The van der Waals surface area contributed by atoms with Gasteiger partial charge >= 0.3 is 11.9 Å². The summed E-state index contributed by atoms with van der Waals surface area (Å²) < 4.78 is 4.75. The number of benzene rings is 1. The zero-order valence-corrected chi connectivity index (χ0v) is 9.31. The number of carboxylic acids is 1. The molecule has 0 radical (unpaired) electrons. The van der Waals surface area contributed by atoms with E-state index in [9.17, 15) is 14.4 Å². The second-order valence-electron chi connectivity index (χ2n) is 3.29. The fraction of sp³-hybridized carbons (Fsp3) is 0.182. The van der Waals surface area contributed by atoms with Crippen molar-refractivity contribution in [3.63, 3.8) is 0 Å². The van der Waals surface area contributed by atoms with Crippen molar-refractivity contribution >= 4 is 23.5 Å². The topological polar surface area (TPSA) is 92.7 Å². The van der Waals surface area contributed by atoms with Crippen LogP contribution in [0.3, 0.4) is 0 Å². The number of rotatable bonds is 3. The van der Waals surface area contributed by atoms with Crippen LogP contribution in [-0.4, -0.2) is 23.0 Å². The zero-order valence-electron chi connectivity index (χ0n) is 9.31. The molecule has 0 bridgehead atoms. The fourth-order valence-corrected chi connectivity index (χ4v) is 1.23. The number of esters is 1. The van der Waals surface area contributed by atoms with Crippen LogP contribution in [0, 0.1) is 0 Å². The van der Waals surface area contributed by atoms with Gasteiger partial charge in [-0.3, -0.25) is 9.59 Å². The Morgan fingerprint density at radius 2 is 1.88 bits per heavy atom. The first kappa shape index (κ1) is 12.7. The number of hydrogen-bond acceptors (Lipinski definition) is 4. The molecule has 0 heterocycles. The van der Waals surface area contributed by atoms with Crippen molar-refractivity contribution in [1.29, 1.82) is 0 Å². The van der Waals surface area contributed by atoms with Crippen LogP contribution in [0.2, 0.25) is 0 Å². The SMILES string of the molecule is CC(=O)Nc1ccc(OC(C)=O)cc1C(=O)O. The van der Waals surface area contributed by atoms with Crippen LogP contribution in [0.25, 0.3) is 0 Å². The average molecular weight is 237 g/mol. The van der Waals surface area contributed by atoms with Gasteiger partial charge in [-0.05, 0) is 18.2 Å². The van der Waals surface area contributed by atoms with Gasteiger partial charge < -0.3 is 15.2 Å². The molecule has 1 amide bonds. The number of anilines is 1. The number of carbonyl (C=O) groups excluding carboxylic acids is 2. The fourth-order valence-electron chi connectivity index (χ4n) is 1.23. The van der Waals surface area contributed by atoms with E-state index >= 15 is 0 Å². The molecule has 0 aromatic heterocycles. The summed E-state index contributed by atoms with van der Waals surface area (Å²) in [5, 5.41) is 11.3. The molecule has 0 fully saturated rings. The lowest BCUT2D eigenvalue weighted by Crippen LogP contribution is -2.11. The molecule has 6 heteroatoms. The maximum absolute atomic E-state index is 10.9. The number of carbonyl (C=O) groups is 3. The van der Waals surface area contributed by atoms with Crippen LogP contribution in [0.1, 0.15) is 24.2 Å². The summed E-state index contributed by atoms with van der Waals surface area (Å²) in [6.45, 7) is 2.48. The van der Waals surface area contributed by atoms with Crippen molar-refractivity contribution in [1.82, 2.24) is 0 Å². The summed E-state index contributed by atoms with van der Waals surface area (Å²) in [6, 6.07) is 3.94. The third-order valence-corrected chi connectivity index (χ3v) is 1.79. The highest BCUT2D eigenvalue weighted by Crippen LogP contribution is 2.22. The molecule has 90 valence electrons. The molecule has 0 aliphatic carbocycles. The summed E-state index contributed by atoms with van der Waals surface area (Å²) >= 11 is 0. The molecule has 2 N–H and O–H groups in total. The second-order valence-corrected chi connectivity index (χ2v) is 3.29. The number of aromatic carboxylic acids is 1. The quantitative estimate of drug-likeness (QED) is 0.610. The van der Waals surface area contributed by atoms with E-state index in [4.69, 9.17) is 9.84 Å². The first-order chi connectivity index (χ1) is 7.90. The van der Waals surface area contributed by atoms with E-state index in [1.165, 1.54) is 32.0 Å². The molecule has 1 aromatic carbocycles. The predicted octanol–water partition coefficient (Wildman–Crippen LogP) is 1.27. The van der Waals surface area contributed by atoms with E-state index in [1.807, 2.05) is 0 Å².